The molecule has 0 radical (unpaired) electrons. The van der Waals surface area contributed by atoms with Gasteiger partial charge in [-0.3, -0.25) is 4.68 Å². The van der Waals surface area contributed by atoms with Gasteiger partial charge in [-0.05, 0) is 13.1 Å². The quantitative estimate of drug-likeness (QED) is 0.695. The summed E-state index contributed by atoms with van der Waals surface area (Å²) in [6, 6.07) is 1.68. The molecule has 0 amide bonds. The maximum absolute atomic E-state index is 11.0. The number of aryl methyl sites for hydroxylation is 1. The molecule has 0 spiro atoms. The predicted octanol–water partition coefficient (Wildman–Crippen LogP) is -0.531. The summed E-state index contributed by atoms with van der Waals surface area (Å²) in [4.78, 5) is 0. The number of sulfonamides is 1. The molecule has 0 bridgehead atoms. The first kappa shape index (κ1) is 9.21. The van der Waals surface area contributed by atoms with Crippen LogP contribution < -0.4 is 4.72 Å². The van der Waals surface area contributed by atoms with E-state index in [9.17, 15) is 8.42 Å². The van der Waals surface area contributed by atoms with Crippen LogP contribution in [0.3, 0.4) is 0 Å². The fraction of sp³-hybridized carbons (Fsp3) is 0.500. The number of nitrogens with zero attached hydrogens (tertiary/aromatic N) is 2. The lowest BCUT2D eigenvalue weighted by Crippen LogP contribution is -2.20. The third-order valence-electron chi connectivity index (χ3n) is 1.42. The summed E-state index contributed by atoms with van der Waals surface area (Å²) >= 11 is 0. The first-order chi connectivity index (χ1) is 5.53. The summed E-state index contributed by atoms with van der Waals surface area (Å²) < 4.78 is 25.8. The molecule has 0 aliphatic heterocycles. The van der Waals surface area contributed by atoms with Crippen LogP contribution >= 0.6 is 0 Å². The van der Waals surface area contributed by atoms with Crippen molar-refractivity contribution in [1.29, 1.82) is 0 Å². The number of hydrogen-bond acceptors (Lipinski definition) is 3. The smallest absolute Gasteiger partial charge is 0.217 e. The SMILES string of the molecule is CNS(=O)(=O)Cc1ccn(C)n1. The van der Waals surface area contributed by atoms with Gasteiger partial charge in [0.15, 0.2) is 0 Å². The van der Waals surface area contributed by atoms with Gasteiger partial charge in [-0.1, -0.05) is 0 Å². The minimum Gasteiger partial charge on any atom is -0.276 e. The number of nitrogens with one attached hydrogen (secondary N) is 1. The van der Waals surface area contributed by atoms with Crippen LogP contribution in [0.1, 0.15) is 5.69 Å². The second-order valence-electron chi connectivity index (χ2n) is 2.44. The summed E-state index contributed by atoms with van der Waals surface area (Å²) in [6.45, 7) is 0. The van der Waals surface area contributed by atoms with E-state index >= 15 is 0 Å². The summed E-state index contributed by atoms with van der Waals surface area (Å²) in [5, 5.41) is 3.94. The van der Waals surface area contributed by atoms with Crippen molar-refractivity contribution < 1.29 is 8.42 Å². The Bertz CT molecular complexity index is 355. The van der Waals surface area contributed by atoms with Crippen molar-refractivity contribution >= 4 is 10.0 Å². The van der Waals surface area contributed by atoms with E-state index < -0.39 is 10.0 Å². The number of hydrogen-bond donors (Lipinski definition) is 1. The first-order valence-electron chi connectivity index (χ1n) is 3.43. The van der Waals surface area contributed by atoms with Crippen LogP contribution in [0.15, 0.2) is 12.3 Å². The molecule has 0 atom stereocenters. The van der Waals surface area contributed by atoms with Crippen LogP contribution in [0, 0.1) is 0 Å². The van der Waals surface area contributed by atoms with Gasteiger partial charge in [0.25, 0.3) is 0 Å². The Morgan fingerprint density at radius 1 is 1.67 bits per heavy atom. The minimum atomic E-state index is -3.19. The zero-order chi connectivity index (χ0) is 9.19. The normalized spacial score (nSPS) is 11.8. The topological polar surface area (TPSA) is 64.0 Å². The third-order valence-corrected chi connectivity index (χ3v) is 2.72. The largest absolute Gasteiger partial charge is 0.276 e. The molecule has 0 aliphatic rings. The minimum absolute atomic E-state index is 0.0651. The zero-order valence-electron chi connectivity index (χ0n) is 6.98. The van der Waals surface area contributed by atoms with E-state index in [-0.39, 0.29) is 5.75 Å². The molecule has 1 aromatic rings. The molecule has 1 N–H and O–H groups in total. The molecule has 1 rings (SSSR count). The van der Waals surface area contributed by atoms with Crippen molar-refractivity contribution in [2.45, 2.75) is 5.75 Å². The maximum atomic E-state index is 11.0. The molecule has 0 aromatic carbocycles. The van der Waals surface area contributed by atoms with Crippen molar-refractivity contribution in [2.24, 2.45) is 7.05 Å². The third kappa shape index (κ3) is 2.31. The van der Waals surface area contributed by atoms with Crippen LogP contribution in [0.4, 0.5) is 0 Å². The lowest BCUT2D eigenvalue weighted by atomic mass is 10.5. The van der Waals surface area contributed by atoms with Gasteiger partial charge >= 0.3 is 0 Å². The van der Waals surface area contributed by atoms with Crippen molar-refractivity contribution in [3.63, 3.8) is 0 Å². The Kier molecular flexibility index (Phi) is 2.49. The lowest BCUT2D eigenvalue weighted by Gasteiger charge is -1.97. The van der Waals surface area contributed by atoms with Crippen molar-refractivity contribution in [3.05, 3.63) is 18.0 Å². The van der Waals surface area contributed by atoms with Crippen molar-refractivity contribution in [3.8, 4) is 0 Å². The second-order valence-corrected chi connectivity index (χ2v) is 4.37. The standard InChI is InChI=1S/C6H11N3O2S/c1-7-12(10,11)5-6-3-4-9(2)8-6/h3-4,7H,5H2,1-2H3. The summed E-state index contributed by atoms with van der Waals surface area (Å²) in [6.07, 6.45) is 1.71. The predicted molar refractivity (Wildman–Crippen MR) is 44.9 cm³/mol. The highest BCUT2D eigenvalue weighted by molar-refractivity contribution is 7.88. The Morgan fingerprint density at radius 2 is 2.33 bits per heavy atom. The Labute approximate surface area is 71.4 Å². The maximum Gasteiger partial charge on any atom is 0.217 e. The van der Waals surface area contributed by atoms with E-state index in [1.165, 1.54) is 7.05 Å². The second kappa shape index (κ2) is 3.24. The fourth-order valence-electron chi connectivity index (χ4n) is 0.807. The molecule has 0 saturated heterocycles. The van der Waals surface area contributed by atoms with Gasteiger partial charge in [0, 0.05) is 13.2 Å². The van der Waals surface area contributed by atoms with Crippen molar-refractivity contribution in [2.75, 3.05) is 7.05 Å². The summed E-state index contributed by atoms with van der Waals surface area (Å²) in [5.41, 5.74) is 0.548. The lowest BCUT2D eigenvalue weighted by molar-refractivity contribution is 0.586. The molecule has 12 heavy (non-hydrogen) atoms. The molecular formula is C6H11N3O2S. The van der Waals surface area contributed by atoms with Gasteiger partial charge in [-0.25, -0.2) is 13.1 Å². The molecule has 0 fully saturated rings. The van der Waals surface area contributed by atoms with E-state index in [0.29, 0.717) is 5.69 Å². The van der Waals surface area contributed by atoms with Gasteiger partial charge in [0.05, 0.1) is 5.69 Å². The molecule has 6 heteroatoms. The average Bonchev–Trinajstić information content (AvgIpc) is 2.35. The van der Waals surface area contributed by atoms with Crippen molar-refractivity contribution in [1.82, 2.24) is 14.5 Å². The first-order valence-corrected chi connectivity index (χ1v) is 5.08. The molecule has 1 aromatic heterocycles. The van der Waals surface area contributed by atoms with E-state index in [2.05, 4.69) is 9.82 Å². The Hall–Kier alpha value is -0.880. The van der Waals surface area contributed by atoms with Gasteiger partial charge in [-0.15, -0.1) is 0 Å². The van der Waals surface area contributed by atoms with E-state index in [1.807, 2.05) is 0 Å². The highest BCUT2D eigenvalue weighted by Gasteiger charge is 2.09. The van der Waals surface area contributed by atoms with Gasteiger partial charge < -0.3 is 0 Å². The number of rotatable bonds is 3. The molecule has 0 aliphatic carbocycles. The van der Waals surface area contributed by atoms with Crippen LogP contribution in [0.5, 0.6) is 0 Å². The fourth-order valence-corrected chi connectivity index (χ4v) is 1.49. The molecule has 0 unspecified atom stereocenters. The van der Waals surface area contributed by atoms with Gasteiger partial charge in [-0.2, -0.15) is 5.10 Å². The zero-order valence-corrected chi connectivity index (χ0v) is 7.80. The highest BCUT2D eigenvalue weighted by Crippen LogP contribution is 1.99. The Morgan fingerprint density at radius 3 is 2.75 bits per heavy atom. The monoisotopic (exact) mass is 189 g/mol. The molecule has 68 valence electrons. The summed E-state index contributed by atoms with van der Waals surface area (Å²) in [5.74, 6) is -0.0651. The van der Waals surface area contributed by atoms with Gasteiger partial charge in [0.2, 0.25) is 10.0 Å². The summed E-state index contributed by atoms with van der Waals surface area (Å²) in [7, 11) is -0.0523. The molecule has 0 saturated carbocycles. The van der Waals surface area contributed by atoms with E-state index in [1.54, 1.807) is 24.0 Å². The average molecular weight is 189 g/mol. The van der Waals surface area contributed by atoms with Gasteiger partial charge in [0.1, 0.15) is 5.75 Å². The van der Waals surface area contributed by atoms with Crippen LogP contribution in [0.25, 0.3) is 0 Å². The number of aromatic nitrogens is 2. The molecule has 5 nitrogen and oxygen atoms in total. The van der Waals surface area contributed by atoms with Crippen LogP contribution in [-0.4, -0.2) is 25.2 Å². The van der Waals surface area contributed by atoms with E-state index in [4.69, 9.17) is 0 Å². The Balaban J connectivity index is 2.77. The highest BCUT2D eigenvalue weighted by atomic mass is 32.2. The van der Waals surface area contributed by atoms with Crippen LogP contribution in [-0.2, 0) is 22.8 Å². The van der Waals surface area contributed by atoms with Crippen LogP contribution in [0.2, 0.25) is 0 Å². The molecule has 1 heterocycles. The van der Waals surface area contributed by atoms with E-state index in [0.717, 1.165) is 0 Å². The molecular weight excluding hydrogens is 178 g/mol.